The predicted molar refractivity (Wildman–Crippen MR) is 311 cm³/mol. The smallest absolute Gasteiger partial charge is 0.0645 e. The van der Waals surface area contributed by atoms with Crippen molar-refractivity contribution in [2.45, 2.75) is 174 Å². The van der Waals surface area contributed by atoms with Crippen LogP contribution >= 0.6 is 11.8 Å². The van der Waals surface area contributed by atoms with Crippen LogP contribution in [0.4, 0.5) is 0 Å². The van der Waals surface area contributed by atoms with Crippen molar-refractivity contribution in [3.8, 4) is 11.1 Å². The molecule has 12 aromatic carbocycles. The summed E-state index contributed by atoms with van der Waals surface area (Å²) in [6.45, 7) is 15.4. The number of hydrogen-bond acceptors (Lipinski definition) is 1. The molecule has 0 radical (unpaired) electrons. The molecule has 23 aliphatic rings. The minimum absolute atomic E-state index is 0.00271. The molecule has 0 N–H and O–H groups in total. The van der Waals surface area contributed by atoms with E-state index in [0.717, 1.165) is 0 Å². The zero-order chi connectivity index (χ0) is 48.5. The molecular weight excluding hydrogens is 969 g/mol. The van der Waals surface area contributed by atoms with Crippen molar-refractivity contribution in [2.24, 2.45) is 11.8 Å². The minimum atomic E-state index is -0.0630. The largest absolute Gasteiger partial charge is 0.112 e. The second-order valence-corrected chi connectivity index (χ2v) is 35.9. The first-order valence-corrected chi connectivity index (χ1v) is 33.0. The fraction of sp³-hybridized carbons (Fsp3) is 0.385. The Kier molecular flexibility index (Phi) is 3.37. The second-order valence-electron chi connectivity index (χ2n) is 34.6. The van der Waals surface area contributed by atoms with E-state index in [-0.39, 0.29) is 21.0 Å². The Bertz CT molecular complexity index is 6080. The first kappa shape index (κ1) is 33.8. The lowest BCUT2D eigenvalue weighted by Crippen LogP contribution is -2.62. The summed E-state index contributed by atoms with van der Waals surface area (Å²) >= 11 is 2.63. The molecule has 0 bridgehead atoms. The van der Waals surface area contributed by atoms with Gasteiger partial charge >= 0.3 is 0 Å². The van der Waals surface area contributed by atoms with Gasteiger partial charge < -0.3 is 0 Å². The molecule has 1 heterocycles. The molecule has 1 saturated carbocycles. The lowest BCUT2D eigenvalue weighted by atomic mass is 9.39. The lowest BCUT2D eigenvalue weighted by Gasteiger charge is -2.65. The molecular formula is C78H42S. The van der Waals surface area contributed by atoms with Crippen molar-refractivity contribution in [1.29, 1.82) is 0 Å². The Labute approximate surface area is 455 Å². The van der Waals surface area contributed by atoms with E-state index >= 15 is 0 Å². The fourth-order valence-electron chi connectivity index (χ4n) is 33.9. The van der Waals surface area contributed by atoms with Gasteiger partial charge in [-0.1, -0.05) is 65.8 Å². The van der Waals surface area contributed by atoms with Crippen molar-refractivity contribution >= 4 is 109 Å². The monoisotopic (exact) mass is 1010 g/mol. The number of rotatable bonds is 0. The van der Waals surface area contributed by atoms with Crippen molar-refractivity contribution in [1.82, 2.24) is 0 Å². The Morgan fingerprint density at radius 2 is 0.646 bits per heavy atom. The molecule has 1 fully saturated rings. The molecule has 35 rings (SSSR count). The van der Waals surface area contributed by atoms with Crippen LogP contribution in [-0.4, -0.2) is 0 Å². The lowest BCUT2D eigenvalue weighted by molar-refractivity contribution is 0.0341. The standard InChI is InChI=1S/C78H42S/c1-75(2,3)12-9-7-8-11-15(12)13(76(4,5)6)10-14-74(11)79-78-72-66-60-50-38-30-22-18-16-17-20-24(22)32(38)42-36-28(20)29-21(17)25-23-19(16)27-26(18)34-40(30)48-54-44(34)45-35(27)41-31(23)39-33(25)43-37(29)47-46(36)58(52(42)60)68(72)69-59(47)53(43)61-51(39)57-49(41)55(45)63-62(54)70(64(66)56(48)50)77(14,78)71(63)65(57)67(61)73(69)78/h7-10,18,20,22,24,26,28,34,36,44-47,55,59,63,65,67,69,71,73H,1-6H3. The van der Waals surface area contributed by atoms with Gasteiger partial charge in [-0.2, -0.15) is 0 Å². The van der Waals surface area contributed by atoms with E-state index in [1.54, 1.807) is 26.8 Å². The van der Waals surface area contributed by atoms with Gasteiger partial charge in [0, 0.05) is 10.3 Å². The van der Waals surface area contributed by atoms with Gasteiger partial charge in [0.2, 0.25) is 0 Å². The van der Waals surface area contributed by atoms with E-state index in [1.165, 1.54) is 0 Å². The van der Waals surface area contributed by atoms with E-state index in [2.05, 4.69) is 88.7 Å². The van der Waals surface area contributed by atoms with Gasteiger partial charge in [0.1, 0.15) is 0 Å². The summed E-state index contributed by atoms with van der Waals surface area (Å²) in [5.74, 6) is 12.7. The molecule has 22 unspecified atom stereocenters. The third kappa shape index (κ3) is 2.01. The van der Waals surface area contributed by atoms with Crippen LogP contribution in [0.1, 0.15) is 276 Å². The summed E-state index contributed by atoms with van der Waals surface area (Å²) in [5.41, 5.74) is 49.5. The van der Waals surface area contributed by atoms with Gasteiger partial charge in [0.15, 0.2) is 0 Å². The molecule has 1 heteroatoms. The quantitative estimate of drug-likeness (QED) is 0.136. The highest BCUT2D eigenvalue weighted by Crippen LogP contribution is 3.01. The highest BCUT2D eigenvalue weighted by Gasteiger charge is 2.90. The summed E-state index contributed by atoms with van der Waals surface area (Å²) in [6.07, 6.45) is 0. The van der Waals surface area contributed by atoms with Gasteiger partial charge in [-0.15, -0.1) is 11.8 Å². The minimum Gasteiger partial charge on any atom is -0.112 e. The molecule has 2 spiro atoms. The third-order valence-electron chi connectivity index (χ3n) is 32.9. The molecule has 0 saturated heterocycles. The molecule has 360 valence electrons. The Hall–Kier alpha value is -5.89. The summed E-state index contributed by atoms with van der Waals surface area (Å²) in [5, 5.41) is 33.9. The van der Waals surface area contributed by atoms with Crippen LogP contribution in [0.15, 0.2) is 29.2 Å². The van der Waals surface area contributed by atoms with E-state index in [4.69, 9.17) is 0 Å². The average Bonchev–Trinajstić information content (AvgIpc) is 1.40. The molecule has 0 nitrogen and oxygen atoms in total. The second kappa shape index (κ2) is 7.88. The van der Waals surface area contributed by atoms with Crippen LogP contribution in [0.5, 0.6) is 0 Å². The maximum atomic E-state index is 3.08. The van der Waals surface area contributed by atoms with Crippen molar-refractivity contribution in [2.75, 3.05) is 0 Å². The molecule has 22 aliphatic carbocycles. The fourth-order valence-corrected chi connectivity index (χ4v) is 36.1. The first-order chi connectivity index (χ1) is 38.7. The SMILES string of the molecule is CC(C)(C)c1cccc2c3c(cc(C(C)(C)C)c12)C12c4c5c6c7c8c9c%10c%11c%12c%13c%14c%15c(c%16c%13c%10c7c4-%16)C1(S3)C1C%15C3c4c7c%10c%13c%15c%16c%17c%18c%19c%20c%21c%22c%23c(c4c4c%22c%19c%16c%104)C3C%14C%12C%23C%21C%11C9C%20C%18C8C6C%17C%15C5C2C%13C71. The Morgan fingerprint density at radius 3 is 1.09 bits per heavy atom. The average molecular weight is 1010 g/mol. The first-order valence-electron chi connectivity index (χ1n) is 32.2. The summed E-state index contributed by atoms with van der Waals surface area (Å²) in [6, 6.07) is 10.9. The van der Waals surface area contributed by atoms with Crippen LogP contribution in [0.25, 0.3) is 108 Å². The molecule has 0 amide bonds. The molecule has 0 aromatic heterocycles. The normalized spacial score (nSPS) is 44.4. The van der Waals surface area contributed by atoms with E-state index in [1.807, 2.05) is 203 Å². The topological polar surface area (TPSA) is 0 Å². The van der Waals surface area contributed by atoms with E-state index in [0.29, 0.717) is 118 Å². The predicted octanol–water partition coefficient (Wildman–Crippen LogP) is 18.3. The highest BCUT2D eigenvalue weighted by molar-refractivity contribution is 8.01. The van der Waals surface area contributed by atoms with Gasteiger partial charge in [-0.05, 0) is 365 Å². The van der Waals surface area contributed by atoms with Crippen molar-refractivity contribution in [3.05, 3.63) is 152 Å². The zero-order valence-corrected chi connectivity index (χ0v) is 45.1. The molecule has 79 heavy (non-hydrogen) atoms. The maximum absolute atomic E-state index is 3.08. The number of hydrogen-bond donors (Lipinski definition) is 0. The maximum Gasteiger partial charge on any atom is 0.0645 e. The summed E-state index contributed by atoms with van der Waals surface area (Å²) in [7, 11) is 0. The van der Waals surface area contributed by atoms with Crippen molar-refractivity contribution in [3.63, 3.8) is 0 Å². The summed E-state index contributed by atoms with van der Waals surface area (Å²) < 4.78 is -0.0238. The third-order valence-corrected chi connectivity index (χ3v) is 34.7. The van der Waals surface area contributed by atoms with Gasteiger partial charge in [0.05, 0.1) is 4.75 Å². The Morgan fingerprint density at radius 1 is 0.316 bits per heavy atom. The Balaban J connectivity index is 0.948. The molecule has 12 aromatic rings. The van der Waals surface area contributed by atoms with Crippen LogP contribution in [0.2, 0.25) is 0 Å². The number of fused-ring (bicyclic) bond motifs is 3. The number of thioether (sulfide) groups is 1. The van der Waals surface area contributed by atoms with Crippen LogP contribution in [0.3, 0.4) is 0 Å². The van der Waals surface area contributed by atoms with Crippen LogP contribution < -0.4 is 0 Å². The van der Waals surface area contributed by atoms with E-state index < -0.39 is 0 Å². The van der Waals surface area contributed by atoms with Crippen LogP contribution in [-0.2, 0) is 21.0 Å². The number of benzene rings is 11. The van der Waals surface area contributed by atoms with Gasteiger partial charge in [-0.3, -0.25) is 0 Å². The summed E-state index contributed by atoms with van der Waals surface area (Å²) in [4.78, 5) is 1.76. The zero-order valence-electron chi connectivity index (χ0n) is 44.3. The van der Waals surface area contributed by atoms with Gasteiger partial charge in [0.25, 0.3) is 0 Å². The van der Waals surface area contributed by atoms with Crippen LogP contribution in [0, 0.1) is 11.8 Å². The van der Waals surface area contributed by atoms with E-state index in [9.17, 15) is 0 Å². The van der Waals surface area contributed by atoms with Gasteiger partial charge in [-0.25, -0.2) is 0 Å². The highest BCUT2D eigenvalue weighted by atomic mass is 32.2. The molecule has 22 atom stereocenters. The van der Waals surface area contributed by atoms with Crippen molar-refractivity contribution < 1.29 is 0 Å². The molecule has 1 aliphatic heterocycles.